The average Bonchev–Trinajstić information content (AvgIpc) is 3.53. The zero-order valence-electron chi connectivity index (χ0n) is 20.9. The number of aromatic nitrogens is 2. The number of benzene rings is 3. The van der Waals surface area contributed by atoms with Crippen LogP contribution >= 0.6 is 34.7 Å². The van der Waals surface area contributed by atoms with Gasteiger partial charge < -0.3 is 9.84 Å². The van der Waals surface area contributed by atoms with E-state index in [-0.39, 0.29) is 16.5 Å². The molecule has 4 aromatic rings. The molecule has 1 aromatic heterocycles. The summed E-state index contributed by atoms with van der Waals surface area (Å²) in [6, 6.07) is 22.5. The number of thioether (sulfide) groups is 1. The molecule has 198 valence electrons. The van der Waals surface area contributed by atoms with Crippen molar-refractivity contribution in [3.63, 3.8) is 0 Å². The van der Waals surface area contributed by atoms with Gasteiger partial charge in [0.1, 0.15) is 11.5 Å². The zero-order chi connectivity index (χ0) is 27.4. The van der Waals surface area contributed by atoms with Gasteiger partial charge in [-0.25, -0.2) is 0 Å². The lowest BCUT2D eigenvalue weighted by molar-refractivity contribution is -0.132. The van der Waals surface area contributed by atoms with E-state index in [4.69, 9.17) is 16.3 Å². The Hall–Kier alpha value is -3.66. The summed E-state index contributed by atoms with van der Waals surface area (Å²) < 4.78 is 6.43. The molecule has 39 heavy (non-hydrogen) atoms. The number of amides is 1. The Kier molecular flexibility index (Phi) is 8.30. The summed E-state index contributed by atoms with van der Waals surface area (Å²) in [7, 11) is 0. The van der Waals surface area contributed by atoms with Gasteiger partial charge in [0, 0.05) is 16.3 Å². The molecular formula is C29H24ClN3O4S2. The number of anilines is 1. The van der Waals surface area contributed by atoms with Crippen molar-refractivity contribution in [3.8, 4) is 5.75 Å². The number of hydrogen-bond donors (Lipinski definition) is 1. The van der Waals surface area contributed by atoms with Crippen LogP contribution in [0.4, 0.5) is 5.13 Å². The average molecular weight is 578 g/mol. The summed E-state index contributed by atoms with van der Waals surface area (Å²) in [5.74, 6) is -0.647. The number of ether oxygens (including phenoxy) is 1. The molecule has 1 saturated heterocycles. The summed E-state index contributed by atoms with van der Waals surface area (Å²) in [6.45, 7) is 2.53. The van der Waals surface area contributed by atoms with Crippen molar-refractivity contribution in [2.24, 2.45) is 0 Å². The first-order chi connectivity index (χ1) is 19.0. The molecule has 1 atom stereocenters. The van der Waals surface area contributed by atoms with Gasteiger partial charge in [-0.1, -0.05) is 102 Å². The fraction of sp³-hybridized carbons (Fsp3) is 0.172. The zero-order valence-corrected chi connectivity index (χ0v) is 23.3. The fourth-order valence-corrected chi connectivity index (χ4v) is 6.36. The summed E-state index contributed by atoms with van der Waals surface area (Å²) in [5.41, 5.74) is 1.99. The Balaban J connectivity index is 1.54. The number of nitrogens with zero attached hydrogens (tertiary/aromatic N) is 3. The van der Waals surface area contributed by atoms with Gasteiger partial charge in [-0.15, -0.1) is 10.2 Å². The van der Waals surface area contributed by atoms with Crippen molar-refractivity contribution in [3.05, 3.63) is 106 Å². The first-order valence-electron chi connectivity index (χ1n) is 12.3. The van der Waals surface area contributed by atoms with E-state index in [1.807, 2.05) is 43.3 Å². The van der Waals surface area contributed by atoms with E-state index in [0.29, 0.717) is 38.6 Å². The quantitative estimate of drug-likeness (QED) is 0.0760. The van der Waals surface area contributed by atoms with Crippen molar-refractivity contribution < 1.29 is 19.4 Å². The van der Waals surface area contributed by atoms with Crippen LogP contribution in [0, 0.1) is 0 Å². The van der Waals surface area contributed by atoms with Gasteiger partial charge in [-0.05, 0) is 35.7 Å². The number of ketones is 1. The van der Waals surface area contributed by atoms with Gasteiger partial charge >= 0.3 is 5.91 Å². The van der Waals surface area contributed by atoms with Crippen molar-refractivity contribution in [2.75, 3.05) is 11.5 Å². The fourth-order valence-electron chi connectivity index (χ4n) is 4.20. The van der Waals surface area contributed by atoms with E-state index in [2.05, 4.69) is 10.2 Å². The summed E-state index contributed by atoms with van der Waals surface area (Å²) >= 11 is 8.93. The number of aliphatic hydroxyl groups excluding tert-OH is 1. The highest BCUT2D eigenvalue weighted by Crippen LogP contribution is 2.44. The molecule has 0 bridgehead atoms. The molecule has 1 N–H and O–H groups in total. The second kappa shape index (κ2) is 12.0. The molecule has 10 heteroatoms. The molecule has 1 aliphatic heterocycles. The van der Waals surface area contributed by atoms with Crippen LogP contribution in [0.2, 0.25) is 5.02 Å². The molecule has 2 heterocycles. The maximum Gasteiger partial charge on any atom is 0.301 e. The van der Waals surface area contributed by atoms with E-state index in [1.165, 1.54) is 28.0 Å². The molecule has 0 radical (unpaired) electrons. The monoisotopic (exact) mass is 577 g/mol. The molecule has 5 rings (SSSR count). The number of carbonyl (C=O) groups is 2. The molecule has 3 aromatic carbocycles. The van der Waals surface area contributed by atoms with Gasteiger partial charge in [0.2, 0.25) is 5.13 Å². The van der Waals surface area contributed by atoms with E-state index in [9.17, 15) is 14.7 Å². The molecule has 1 aliphatic rings. The second-order valence-corrected chi connectivity index (χ2v) is 11.3. The van der Waals surface area contributed by atoms with Crippen molar-refractivity contribution in [2.45, 2.75) is 29.5 Å². The minimum Gasteiger partial charge on any atom is -0.507 e. The first-order valence-corrected chi connectivity index (χ1v) is 14.4. The number of Topliss-reactive ketones (excluding diaryl/α,β-unsaturated/α-hetero) is 1. The van der Waals surface area contributed by atoms with Crippen molar-refractivity contribution in [1.29, 1.82) is 0 Å². The van der Waals surface area contributed by atoms with Gasteiger partial charge in [0.25, 0.3) is 5.78 Å². The van der Waals surface area contributed by atoms with Crippen LogP contribution in [-0.4, -0.2) is 33.6 Å². The Morgan fingerprint density at radius 1 is 1.05 bits per heavy atom. The summed E-state index contributed by atoms with van der Waals surface area (Å²) in [6.07, 6.45) is 0.829. The van der Waals surface area contributed by atoms with E-state index in [0.717, 1.165) is 12.0 Å². The number of halogens is 1. The molecule has 0 aliphatic carbocycles. The lowest BCUT2D eigenvalue weighted by atomic mass is 9.95. The van der Waals surface area contributed by atoms with Crippen molar-refractivity contribution >= 4 is 57.3 Å². The predicted octanol–water partition coefficient (Wildman–Crippen LogP) is 6.90. The maximum atomic E-state index is 13.4. The second-order valence-electron chi connectivity index (χ2n) is 8.69. The third-order valence-corrected chi connectivity index (χ3v) is 8.52. The van der Waals surface area contributed by atoms with Gasteiger partial charge in [0.15, 0.2) is 4.34 Å². The molecule has 7 nitrogen and oxygen atoms in total. The summed E-state index contributed by atoms with van der Waals surface area (Å²) in [5, 5.41) is 20.7. The molecule has 0 saturated carbocycles. The van der Waals surface area contributed by atoms with E-state index in [1.54, 1.807) is 42.5 Å². The van der Waals surface area contributed by atoms with Crippen LogP contribution in [0.3, 0.4) is 0 Å². The Morgan fingerprint density at radius 3 is 2.59 bits per heavy atom. The Morgan fingerprint density at radius 2 is 1.82 bits per heavy atom. The summed E-state index contributed by atoms with van der Waals surface area (Å²) in [4.78, 5) is 28.1. The molecular weight excluding hydrogens is 554 g/mol. The van der Waals surface area contributed by atoms with E-state index >= 15 is 0 Å². The lowest BCUT2D eigenvalue weighted by Gasteiger charge is -2.23. The third-order valence-electron chi connectivity index (χ3n) is 6.05. The van der Waals surface area contributed by atoms with Crippen LogP contribution in [0.1, 0.15) is 36.1 Å². The Labute approximate surface area is 239 Å². The van der Waals surface area contributed by atoms with Gasteiger partial charge in [0.05, 0.1) is 18.2 Å². The van der Waals surface area contributed by atoms with Crippen LogP contribution in [-0.2, 0) is 15.3 Å². The van der Waals surface area contributed by atoms with Gasteiger partial charge in [-0.3, -0.25) is 14.5 Å². The van der Waals surface area contributed by atoms with Crippen LogP contribution in [0.25, 0.3) is 5.76 Å². The highest BCUT2D eigenvalue weighted by molar-refractivity contribution is 8.00. The number of hydrogen-bond acceptors (Lipinski definition) is 8. The minimum absolute atomic E-state index is 0.0145. The van der Waals surface area contributed by atoms with Crippen LogP contribution < -0.4 is 9.64 Å². The Bertz CT molecular complexity index is 1540. The SMILES string of the molecule is CCCOc1cccc(C2C(=C(O)c3ccccc3)C(=O)C(=O)N2c2nnc(SCc3ccccc3Cl)s2)c1. The third kappa shape index (κ3) is 5.71. The largest absolute Gasteiger partial charge is 0.507 e. The number of carbonyl (C=O) groups excluding carboxylic acids is 2. The highest BCUT2D eigenvalue weighted by Gasteiger charge is 2.48. The minimum atomic E-state index is -0.912. The van der Waals surface area contributed by atoms with Gasteiger partial charge in [-0.2, -0.15) is 0 Å². The highest BCUT2D eigenvalue weighted by atomic mass is 35.5. The normalized spacial score (nSPS) is 16.6. The van der Waals surface area contributed by atoms with Crippen LogP contribution in [0.5, 0.6) is 5.75 Å². The van der Waals surface area contributed by atoms with Crippen molar-refractivity contribution in [1.82, 2.24) is 10.2 Å². The number of aliphatic hydroxyl groups is 1. The lowest BCUT2D eigenvalue weighted by Crippen LogP contribution is -2.29. The molecule has 1 fully saturated rings. The maximum absolute atomic E-state index is 13.4. The standard InChI is InChI=1S/C29H24ClN3O4S2/c1-2-15-37-21-13-8-12-19(16-21)24-23(25(34)18-9-4-3-5-10-18)26(35)27(36)33(24)28-31-32-29(39-28)38-17-20-11-6-7-14-22(20)30/h3-14,16,24,34H,2,15,17H2,1H3. The molecule has 0 spiro atoms. The first kappa shape index (κ1) is 26.9. The van der Waals surface area contributed by atoms with E-state index < -0.39 is 17.7 Å². The number of rotatable bonds is 9. The predicted molar refractivity (Wildman–Crippen MR) is 154 cm³/mol. The molecule has 1 unspecified atom stereocenters. The smallest absolute Gasteiger partial charge is 0.301 e. The topological polar surface area (TPSA) is 92.6 Å². The van der Waals surface area contributed by atoms with Crippen LogP contribution in [0.15, 0.2) is 88.8 Å². The molecule has 1 amide bonds.